The molecule has 0 aliphatic carbocycles. The van der Waals surface area contributed by atoms with Crippen LogP contribution in [0.1, 0.15) is 40.1 Å². The molecule has 152 valence electrons. The van der Waals surface area contributed by atoms with Crippen molar-refractivity contribution in [2.45, 2.75) is 52.9 Å². The van der Waals surface area contributed by atoms with Crippen molar-refractivity contribution in [2.75, 3.05) is 13.1 Å². The number of nitrogens with zero attached hydrogens (tertiary/aromatic N) is 3. The Kier molecular flexibility index (Phi) is 6.12. The molecule has 2 heterocycles. The fourth-order valence-corrected chi connectivity index (χ4v) is 4.24. The molecule has 1 atom stereocenters. The lowest BCUT2D eigenvalue weighted by Crippen LogP contribution is -2.32. The molecule has 3 aromatic rings. The lowest BCUT2D eigenvalue weighted by Gasteiger charge is -2.17. The first-order valence-electron chi connectivity index (χ1n) is 10.7. The second kappa shape index (κ2) is 8.93. The lowest BCUT2D eigenvalue weighted by molar-refractivity contribution is 0.320. The average molecular weight is 389 g/mol. The molecule has 1 N–H and O–H groups in total. The van der Waals surface area contributed by atoms with Gasteiger partial charge >= 0.3 is 0 Å². The van der Waals surface area contributed by atoms with Crippen molar-refractivity contribution in [2.24, 2.45) is 0 Å². The first-order valence-corrected chi connectivity index (χ1v) is 10.7. The van der Waals surface area contributed by atoms with Gasteiger partial charge in [-0.15, -0.1) is 0 Å². The van der Waals surface area contributed by atoms with Crippen molar-refractivity contribution < 1.29 is 0 Å². The maximum absolute atomic E-state index is 4.81. The van der Waals surface area contributed by atoms with Crippen LogP contribution in [0.3, 0.4) is 0 Å². The second-order valence-electron chi connectivity index (χ2n) is 8.38. The highest BCUT2D eigenvalue weighted by atomic mass is 15.3. The summed E-state index contributed by atoms with van der Waals surface area (Å²) in [5, 5.41) is 8.60. The van der Waals surface area contributed by atoms with E-state index in [0.717, 1.165) is 38.4 Å². The minimum absolute atomic E-state index is 0.554. The van der Waals surface area contributed by atoms with E-state index in [1.807, 2.05) is 0 Å². The summed E-state index contributed by atoms with van der Waals surface area (Å²) < 4.78 is 2.15. The highest BCUT2D eigenvalue weighted by molar-refractivity contribution is 5.27. The van der Waals surface area contributed by atoms with Gasteiger partial charge in [-0.05, 0) is 38.3 Å². The molecule has 0 radical (unpaired) electrons. The highest BCUT2D eigenvalue weighted by Crippen LogP contribution is 2.18. The number of nitrogens with one attached hydrogen (secondary N) is 1. The molecule has 29 heavy (non-hydrogen) atoms. The maximum atomic E-state index is 4.81. The summed E-state index contributed by atoms with van der Waals surface area (Å²) in [5.41, 5.74) is 7.75. The smallest absolute Gasteiger partial charge is 0.0662 e. The van der Waals surface area contributed by atoms with E-state index < -0.39 is 0 Å². The summed E-state index contributed by atoms with van der Waals surface area (Å²) in [5.74, 6) is 0. The third-order valence-corrected chi connectivity index (χ3v) is 6.07. The first kappa shape index (κ1) is 19.9. The van der Waals surface area contributed by atoms with Crippen molar-refractivity contribution in [1.82, 2.24) is 20.0 Å². The number of benzene rings is 2. The van der Waals surface area contributed by atoms with Gasteiger partial charge in [0.15, 0.2) is 0 Å². The van der Waals surface area contributed by atoms with Crippen LogP contribution in [0.4, 0.5) is 0 Å². The predicted octanol–water partition coefficient (Wildman–Crippen LogP) is 4.22. The Morgan fingerprint density at radius 3 is 2.41 bits per heavy atom. The average Bonchev–Trinajstić information content (AvgIpc) is 3.27. The predicted molar refractivity (Wildman–Crippen MR) is 119 cm³/mol. The molecule has 4 nitrogen and oxygen atoms in total. The van der Waals surface area contributed by atoms with Crippen LogP contribution in [-0.4, -0.2) is 33.8 Å². The van der Waals surface area contributed by atoms with E-state index in [0.29, 0.717) is 6.04 Å². The van der Waals surface area contributed by atoms with Gasteiger partial charge in [-0.3, -0.25) is 9.58 Å². The number of aryl methyl sites for hydroxylation is 2. The summed E-state index contributed by atoms with van der Waals surface area (Å²) in [6, 6.07) is 20.1. The number of hydrogen-bond donors (Lipinski definition) is 1. The number of hydrogen-bond acceptors (Lipinski definition) is 3. The molecule has 1 aliphatic rings. The first-order chi connectivity index (χ1) is 14.1. The molecule has 4 rings (SSSR count). The van der Waals surface area contributed by atoms with Gasteiger partial charge in [-0.25, -0.2) is 0 Å². The standard InChI is InChI=1S/C25H32N4/c1-19-9-11-23(12-10-19)17-29-21(3)25(20(2)27-29)15-26-24-13-14-28(18-24)16-22-7-5-4-6-8-22/h4-12,24,26H,13-18H2,1-3H3/t24-/m1/s1. The lowest BCUT2D eigenvalue weighted by atomic mass is 10.1. The molecular weight excluding hydrogens is 356 g/mol. The van der Waals surface area contributed by atoms with Crippen LogP contribution < -0.4 is 5.32 Å². The number of aromatic nitrogens is 2. The topological polar surface area (TPSA) is 33.1 Å². The maximum Gasteiger partial charge on any atom is 0.0662 e. The Bertz CT molecular complexity index is 927. The van der Waals surface area contributed by atoms with E-state index in [9.17, 15) is 0 Å². The van der Waals surface area contributed by atoms with E-state index in [4.69, 9.17) is 5.10 Å². The Hall–Kier alpha value is -2.43. The van der Waals surface area contributed by atoms with Crippen LogP contribution in [-0.2, 0) is 19.6 Å². The molecule has 0 bridgehead atoms. The molecule has 0 saturated carbocycles. The quantitative estimate of drug-likeness (QED) is 0.658. The normalized spacial score (nSPS) is 17.1. The van der Waals surface area contributed by atoms with Gasteiger partial charge in [-0.1, -0.05) is 60.2 Å². The van der Waals surface area contributed by atoms with E-state index in [-0.39, 0.29) is 0 Å². The summed E-state index contributed by atoms with van der Waals surface area (Å²) in [6.45, 7) is 11.5. The Labute approximate surface area is 174 Å². The SMILES string of the molecule is Cc1ccc(Cn2nc(C)c(CN[C@@H]3CCN(Cc4ccccc4)C3)c2C)cc1. The zero-order chi connectivity index (χ0) is 20.2. The monoisotopic (exact) mass is 388 g/mol. The zero-order valence-corrected chi connectivity index (χ0v) is 17.9. The van der Waals surface area contributed by atoms with Crippen molar-refractivity contribution in [3.63, 3.8) is 0 Å². The second-order valence-corrected chi connectivity index (χ2v) is 8.38. The van der Waals surface area contributed by atoms with Gasteiger partial charge in [0.2, 0.25) is 0 Å². The number of likely N-dealkylation sites (tertiary alicyclic amines) is 1. The molecular formula is C25H32N4. The van der Waals surface area contributed by atoms with Crippen LogP contribution in [0, 0.1) is 20.8 Å². The van der Waals surface area contributed by atoms with Crippen LogP contribution in [0.15, 0.2) is 54.6 Å². The fourth-order valence-electron chi connectivity index (χ4n) is 4.24. The summed E-state index contributed by atoms with van der Waals surface area (Å²) >= 11 is 0. The van der Waals surface area contributed by atoms with Crippen molar-refractivity contribution in [3.8, 4) is 0 Å². The van der Waals surface area contributed by atoms with Crippen molar-refractivity contribution >= 4 is 0 Å². The highest BCUT2D eigenvalue weighted by Gasteiger charge is 2.23. The Balaban J connectivity index is 1.33. The van der Waals surface area contributed by atoms with Crippen LogP contribution >= 0.6 is 0 Å². The van der Waals surface area contributed by atoms with E-state index in [2.05, 4.69) is 90.3 Å². The zero-order valence-electron chi connectivity index (χ0n) is 17.9. The number of rotatable bonds is 7. The molecule has 1 aliphatic heterocycles. The minimum atomic E-state index is 0.554. The fraction of sp³-hybridized carbons (Fsp3) is 0.400. The van der Waals surface area contributed by atoms with Crippen LogP contribution in [0.2, 0.25) is 0 Å². The Morgan fingerprint density at radius 2 is 1.66 bits per heavy atom. The van der Waals surface area contributed by atoms with Gasteiger partial charge in [0, 0.05) is 43.5 Å². The molecule has 1 fully saturated rings. The van der Waals surface area contributed by atoms with E-state index in [1.165, 1.54) is 34.4 Å². The Morgan fingerprint density at radius 1 is 0.931 bits per heavy atom. The molecule has 1 saturated heterocycles. The van der Waals surface area contributed by atoms with Crippen molar-refractivity contribution in [1.29, 1.82) is 0 Å². The molecule has 0 amide bonds. The molecule has 0 spiro atoms. The summed E-state index contributed by atoms with van der Waals surface area (Å²) in [4.78, 5) is 2.55. The summed E-state index contributed by atoms with van der Waals surface area (Å²) in [6.07, 6.45) is 1.21. The van der Waals surface area contributed by atoms with Gasteiger partial charge in [0.1, 0.15) is 0 Å². The largest absolute Gasteiger partial charge is 0.308 e. The minimum Gasteiger partial charge on any atom is -0.308 e. The van der Waals surface area contributed by atoms with E-state index in [1.54, 1.807) is 0 Å². The van der Waals surface area contributed by atoms with Gasteiger partial charge in [0.25, 0.3) is 0 Å². The van der Waals surface area contributed by atoms with Gasteiger partial charge in [-0.2, -0.15) is 5.10 Å². The third kappa shape index (κ3) is 4.95. The van der Waals surface area contributed by atoms with Crippen molar-refractivity contribution in [3.05, 3.63) is 88.2 Å². The molecule has 0 unspecified atom stereocenters. The summed E-state index contributed by atoms with van der Waals surface area (Å²) in [7, 11) is 0. The molecule has 1 aromatic heterocycles. The van der Waals surface area contributed by atoms with Crippen LogP contribution in [0.25, 0.3) is 0 Å². The third-order valence-electron chi connectivity index (χ3n) is 6.07. The van der Waals surface area contributed by atoms with Crippen LogP contribution in [0.5, 0.6) is 0 Å². The van der Waals surface area contributed by atoms with E-state index >= 15 is 0 Å². The molecule has 2 aromatic carbocycles. The van der Waals surface area contributed by atoms with Gasteiger partial charge in [0.05, 0.1) is 12.2 Å². The van der Waals surface area contributed by atoms with Gasteiger partial charge < -0.3 is 5.32 Å². The molecule has 4 heteroatoms.